The molecule has 0 atom stereocenters. The molecule has 3 aromatic rings. The van der Waals surface area contributed by atoms with Gasteiger partial charge >= 0.3 is 5.69 Å². The third-order valence-electron chi connectivity index (χ3n) is 3.83. The van der Waals surface area contributed by atoms with Crippen molar-refractivity contribution >= 4 is 28.5 Å². The summed E-state index contributed by atoms with van der Waals surface area (Å²) in [5.41, 5.74) is 2.19. The molecule has 8 nitrogen and oxygen atoms in total. The molecule has 1 fully saturated rings. The third kappa shape index (κ3) is 2.88. The number of aromatic amines is 2. The fraction of sp³-hybridized carbons (Fsp3) is 0.267. The molecule has 1 aromatic carbocycles. The standard InChI is InChI=1S/C15H17N7O/c23-15-19-11-2-1-10(9-12(11)20-15)18-13-3-4-17-14(21-13)22-7-5-16-6-8-22/h1-4,9,16H,5-8H2,(H,17,18,21)(H2,19,20,23). The molecule has 4 rings (SSSR count). The molecule has 8 heteroatoms. The Morgan fingerprint density at radius 1 is 1.09 bits per heavy atom. The number of nitrogens with zero attached hydrogens (tertiary/aromatic N) is 3. The minimum absolute atomic E-state index is 0.208. The molecular weight excluding hydrogens is 294 g/mol. The van der Waals surface area contributed by atoms with Crippen LogP contribution < -0.4 is 21.2 Å². The van der Waals surface area contributed by atoms with Gasteiger partial charge in [0.25, 0.3) is 0 Å². The van der Waals surface area contributed by atoms with Gasteiger partial charge in [-0.3, -0.25) is 0 Å². The fourth-order valence-corrected chi connectivity index (χ4v) is 2.69. The number of hydrogen-bond donors (Lipinski definition) is 4. The maximum atomic E-state index is 11.3. The zero-order valence-electron chi connectivity index (χ0n) is 12.5. The van der Waals surface area contributed by atoms with Gasteiger partial charge in [-0.15, -0.1) is 0 Å². The lowest BCUT2D eigenvalue weighted by Crippen LogP contribution is -2.44. The second kappa shape index (κ2) is 5.73. The predicted molar refractivity (Wildman–Crippen MR) is 89.3 cm³/mol. The highest BCUT2D eigenvalue weighted by Crippen LogP contribution is 2.19. The molecule has 4 N–H and O–H groups in total. The molecule has 0 bridgehead atoms. The van der Waals surface area contributed by atoms with Gasteiger partial charge in [-0.1, -0.05) is 0 Å². The normalized spacial score (nSPS) is 15.0. The lowest BCUT2D eigenvalue weighted by atomic mass is 10.3. The van der Waals surface area contributed by atoms with Crippen molar-refractivity contribution < 1.29 is 0 Å². The molecule has 118 valence electrons. The first kappa shape index (κ1) is 13.8. The van der Waals surface area contributed by atoms with Crippen LogP contribution in [0.2, 0.25) is 0 Å². The van der Waals surface area contributed by atoms with Gasteiger partial charge < -0.3 is 25.5 Å². The Morgan fingerprint density at radius 2 is 1.91 bits per heavy atom. The van der Waals surface area contributed by atoms with Crippen LogP contribution >= 0.6 is 0 Å². The lowest BCUT2D eigenvalue weighted by molar-refractivity contribution is 0.580. The van der Waals surface area contributed by atoms with Crippen molar-refractivity contribution in [1.82, 2.24) is 25.3 Å². The van der Waals surface area contributed by atoms with Crippen LogP contribution in [-0.2, 0) is 0 Å². The quantitative estimate of drug-likeness (QED) is 0.571. The average molecular weight is 311 g/mol. The number of rotatable bonds is 3. The Bertz CT molecular complexity index is 879. The molecule has 0 radical (unpaired) electrons. The van der Waals surface area contributed by atoms with Crippen molar-refractivity contribution in [2.24, 2.45) is 0 Å². The van der Waals surface area contributed by atoms with Gasteiger partial charge in [0.1, 0.15) is 5.82 Å². The highest BCUT2D eigenvalue weighted by molar-refractivity contribution is 5.79. The maximum absolute atomic E-state index is 11.3. The number of H-pyrrole nitrogens is 2. The van der Waals surface area contributed by atoms with E-state index in [0.29, 0.717) is 0 Å². The van der Waals surface area contributed by atoms with Crippen molar-refractivity contribution in [3.63, 3.8) is 0 Å². The van der Waals surface area contributed by atoms with E-state index in [2.05, 4.69) is 35.5 Å². The highest BCUT2D eigenvalue weighted by Gasteiger charge is 2.13. The molecule has 3 heterocycles. The van der Waals surface area contributed by atoms with E-state index in [1.54, 1.807) is 6.20 Å². The minimum atomic E-state index is -0.208. The Hall–Kier alpha value is -2.87. The molecule has 0 unspecified atom stereocenters. The summed E-state index contributed by atoms with van der Waals surface area (Å²) in [5.74, 6) is 1.46. The van der Waals surface area contributed by atoms with E-state index < -0.39 is 0 Å². The van der Waals surface area contributed by atoms with Crippen LogP contribution in [0.3, 0.4) is 0 Å². The van der Waals surface area contributed by atoms with Crippen molar-refractivity contribution in [1.29, 1.82) is 0 Å². The van der Waals surface area contributed by atoms with Gasteiger partial charge in [0, 0.05) is 38.1 Å². The molecule has 0 saturated carbocycles. The van der Waals surface area contributed by atoms with E-state index in [0.717, 1.165) is 54.7 Å². The first-order valence-corrected chi connectivity index (χ1v) is 7.56. The predicted octanol–water partition coefficient (Wildman–Crippen LogP) is 0.799. The van der Waals surface area contributed by atoms with Crippen LogP contribution in [0.25, 0.3) is 11.0 Å². The molecule has 1 aliphatic heterocycles. The van der Waals surface area contributed by atoms with Gasteiger partial charge in [0.05, 0.1) is 11.0 Å². The number of hydrogen-bond acceptors (Lipinski definition) is 6. The van der Waals surface area contributed by atoms with Crippen molar-refractivity contribution in [3.05, 3.63) is 40.9 Å². The molecule has 2 aromatic heterocycles. The Morgan fingerprint density at radius 3 is 2.78 bits per heavy atom. The Balaban J connectivity index is 1.58. The van der Waals surface area contributed by atoms with Crippen molar-refractivity contribution in [2.75, 3.05) is 36.4 Å². The number of nitrogens with one attached hydrogen (secondary N) is 4. The summed E-state index contributed by atoms with van der Waals surface area (Å²) in [7, 11) is 0. The van der Waals surface area contributed by atoms with E-state index in [9.17, 15) is 4.79 Å². The van der Waals surface area contributed by atoms with E-state index in [1.165, 1.54) is 0 Å². The van der Waals surface area contributed by atoms with Crippen LogP contribution in [0.4, 0.5) is 17.5 Å². The van der Waals surface area contributed by atoms with Gasteiger partial charge in [-0.25, -0.2) is 9.78 Å². The summed E-state index contributed by atoms with van der Waals surface area (Å²) < 4.78 is 0. The first-order valence-electron chi connectivity index (χ1n) is 7.56. The van der Waals surface area contributed by atoms with Gasteiger partial charge in [-0.05, 0) is 24.3 Å². The van der Waals surface area contributed by atoms with Crippen molar-refractivity contribution in [3.8, 4) is 0 Å². The van der Waals surface area contributed by atoms with E-state index in [1.807, 2.05) is 24.3 Å². The van der Waals surface area contributed by atoms with Gasteiger partial charge in [0.15, 0.2) is 0 Å². The summed E-state index contributed by atoms with van der Waals surface area (Å²) in [6, 6.07) is 7.46. The molecule has 23 heavy (non-hydrogen) atoms. The fourth-order valence-electron chi connectivity index (χ4n) is 2.69. The molecule has 0 aliphatic carbocycles. The van der Waals surface area contributed by atoms with Crippen LogP contribution in [0.5, 0.6) is 0 Å². The highest BCUT2D eigenvalue weighted by atomic mass is 16.1. The van der Waals surface area contributed by atoms with Crippen LogP contribution in [-0.4, -0.2) is 46.1 Å². The van der Waals surface area contributed by atoms with E-state index >= 15 is 0 Å². The molecular formula is C15H17N7O. The summed E-state index contributed by atoms with van der Waals surface area (Å²) in [6.45, 7) is 3.69. The second-order valence-electron chi connectivity index (χ2n) is 5.44. The Labute approximate surface area is 132 Å². The molecule has 0 spiro atoms. The number of fused-ring (bicyclic) bond motifs is 1. The van der Waals surface area contributed by atoms with Crippen molar-refractivity contribution in [2.45, 2.75) is 0 Å². The molecule has 1 saturated heterocycles. The second-order valence-corrected chi connectivity index (χ2v) is 5.44. The minimum Gasteiger partial charge on any atom is -0.340 e. The van der Waals surface area contributed by atoms with Gasteiger partial charge in [0.2, 0.25) is 5.95 Å². The van der Waals surface area contributed by atoms with Crippen LogP contribution in [0.1, 0.15) is 0 Å². The number of piperazine rings is 1. The average Bonchev–Trinajstić information content (AvgIpc) is 2.95. The van der Waals surface area contributed by atoms with Crippen LogP contribution in [0, 0.1) is 0 Å². The SMILES string of the molecule is O=c1[nH]c2ccc(Nc3ccnc(N4CCNCC4)n3)cc2[nH]1. The molecule has 0 amide bonds. The van der Waals surface area contributed by atoms with Crippen LogP contribution in [0.15, 0.2) is 35.3 Å². The monoisotopic (exact) mass is 311 g/mol. The zero-order valence-corrected chi connectivity index (χ0v) is 12.5. The number of anilines is 3. The maximum Gasteiger partial charge on any atom is 0.323 e. The summed E-state index contributed by atoms with van der Waals surface area (Å²) >= 11 is 0. The zero-order chi connectivity index (χ0) is 15.6. The molecule has 1 aliphatic rings. The first-order chi connectivity index (χ1) is 11.3. The smallest absolute Gasteiger partial charge is 0.323 e. The Kier molecular flexibility index (Phi) is 3.43. The van der Waals surface area contributed by atoms with E-state index in [-0.39, 0.29) is 5.69 Å². The number of aromatic nitrogens is 4. The summed E-state index contributed by atoms with van der Waals surface area (Å²) in [6.07, 6.45) is 1.75. The topological polar surface area (TPSA) is 102 Å². The number of imidazole rings is 1. The third-order valence-corrected chi connectivity index (χ3v) is 3.83. The van der Waals surface area contributed by atoms with Gasteiger partial charge in [-0.2, -0.15) is 4.98 Å². The number of benzene rings is 1. The summed E-state index contributed by atoms with van der Waals surface area (Å²) in [5, 5.41) is 6.57. The largest absolute Gasteiger partial charge is 0.340 e. The lowest BCUT2D eigenvalue weighted by Gasteiger charge is -2.27. The van der Waals surface area contributed by atoms with E-state index in [4.69, 9.17) is 0 Å². The summed E-state index contributed by atoms with van der Waals surface area (Å²) in [4.78, 5) is 27.9.